The van der Waals surface area contributed by atoms with E-state index in [-0.39, 0.29) is 28.8 Å². The van der Waals surface area contributed by atoms with E-state index >= 15 is 0 Å². The van der Waals surface area contributed by atoms with Crippen molar-refractivity contribution in [1.29, 1.82) is 0 Å². The predicted molar refractivity (Wildman–Crippen MR) is 209 cm³/mol. The first-order valence-corrected chi connectivity index (χ1v) is 18.3. The quantitative estimate of drug-likeness (QED) is 0.150. The number of halogens is 2. The zero-order chi connectivity index (χ0) is 37.2. The molecule has 4 heterocycles. The van der Waals surface area contributed by atoms with Gasteiger partial charge in [-0.1, -0.05) is 60.7 Å². The van der Waals surface area contributed by atoms with Gasteiger partial charge in [0.2, 0.25) is 5.78 Å². The van der Waals surface area contributed by atoms with Crippen molar-refractivity contribution in [2.45, 2.75) is 13.8 Å². The van der Waals surface area contributed by atoms with E-state index in [1.54, 1.807) is 0 Å². The predicted octanol–water partition coefficient (Wildman–Crippen LogP) is 7.38. The molecule has 2 aromatic heterocycles. The molecule has 0 amide bonds. The summed E-state index contributed by atoms with van der Waals surface area (Å²) in [5, 5.41) is 18.6. The molecule has 2 aliphatic heterocycles. The van der Waals surface area contributed by atoms with Crippen molar-refractivity contribution >= 4 is 28.5 Å². The molecule has 0 aliphatic carbocycles. The number of hydrogen-bond donors (Lipinski definition) is 0. The normalized spacial score (nSPS) is 14.7. The number of ketones is 1. The molecule has 0 saturated carbocycles. The molecule has 0 bridgehead atoms. The molecule has 4 aromatic carbocycles. The molecule has 0 N–H and O–H groups in total. The lowest BCUT2D eigenvalue weighted by molar-refractivity contribution is 0.102. The fourth-order valence-corrected chi connectivity index (χ4v) is 7.60. The van der Waals surface area contributed by atoms with Crippen LogP contribution in [0.15, 0.2) is 109 Å². The molecule has 6 aromatic rings. The fourth-order valence-electron chi connectivity index (χ4n) is 7.60. The molecule has 0 unspecified atom stereocenters. The third-order valence-electron chi connectivity index (χ3n) is 10.5. The molecule has 2 fully saturated rings. The van der Waals surface area contributed by atoms with Gasteiger partial charge in [-0.05, 0) is 62.4 Å². The Kier molecular flexibility index (Phi) is 9.69. The van der Waals surface area contributed by atoms with E-state index in [2.05, 4.69) is 29.8 Å². The maximum Gasteiger partial charge on any atom is 0.234 e. The number of carbonyl (C=O) groups is 1. The van der Waals surface area contributed by atoms with Gasteiger partial charge in [-0.2, -0.15) is 0 Å². The standard InChI is InChI=1S/C43H40F2N8O/c1-29-37(46-48-39(31-9-5-3-6-10-31)41(29)52-25-21-50(22-26-52)35-17-13-33(44)14-18-35)43(54)38-30(2)42(40(49-47-38)32-11-7-4-8-12-32)53-27-23-51(24-28-53)36-19-15-34(45)16-20-36/h3-20H,21-28H2,1-2H3. The zero-order valence-electron chi connectivity index (χ0n) is 30.3. The molecular formula is C43H40F2N8O. The third-order valence-corrected chi connectivity index (χ3v) is 10.5. The SMILES string of the molecule is Cc1c(C(=O)c2nnc(-c3ccccc3)c(N3CCN(c4ccc(F)cc4)CC3)c2C)nnc(-c2ccccc2)c1N1CCN(c2ccc(F)cc2)CC1. The second kappa shape index (κ2) is 15.0. The summed E-state index contributed by atoms with van der Waals surface area (Å²) < 4.78 is 27.3. The molecule has 54 heavy (non-hydrogen) atoms. The van der Waals surface area contributed by atoms with Crippen LogP contribution >= 0.6 is 0 Å². The maximum absolute atomic E-state index is 14.7. The van der Waals surface area contributed by atoms with Crippen molar-refractivity contribution in [3.8, 4) is 22.5 Å². The molecule has 2 aliphatic rings. The highest BCUT2D eigenvalue weighted by atomic mass is 19.1. The highest BCUT2D eigenvalue weighted by Gasteiger charge is 2.31. The van der Waals surface area contributed by atoms with Gasteiger partial charge in [0.1, 0.15) is 34.4 Å². The lowest BCUT2D eigenvalue weighted by atomic mass is 9.98. The van der Waals surface area contributed by atoms with Crippen LogP contribution in [-0.4, -0.2) is 78.5 Å². The summed E-state index contributed by atoms with van der Waals surface area (Å²) in [5.41, 5.74) is 8.85. The lowest BCUT2D eigenvalue weighted by Gasteiger charge is -2.39. The van der Waals surface area contributed by atoms with E-state index in [4.69, 9.17) is 10.2 Å². The monoisotopic (exact) mass is 722 g/mol. The van der Waals surface area contributed by atoms with Gasteiger partial charge < -0.3 is 19.6 Å². The fraction of sp³-hybridized carbons (Fsp3) is 0.233. The van der Waals surface area contributed by atoms with Crippen LogP contribution in [0.25, 0.3) is 22.5 Å². The van der Waals surface area contributed by atoms with Crippen LogP contribution in [-0.2, 0) is 0 Å². The van der Waals surface area contributed by atoms with Gasteiger partial charge in [0.05, 0.1) is 11.4 Å². The van der Waals surface area contributed by atoms with Crippen molar-refractivity contribution in [1.82, 2.24) is 20.4 Å². The smallest absolute Gasteiger partial charge is 0.234 e. The Bertz CT molecular complexity index is 2090. The number of anilines is 4. The highest BCUT2D eigenvalue weighted by molar-refractivity contribution is 6.10. The van der Waals surface area contributed by atoms with Gasteiger partial charge in [-0.25, -0.2) is 8.78 Å². The minimum Gasteiger partial charge on any atom is -0.368 e. The topological polar surface area (TPSA) is 81.6 Å². The van der Waals surface area contributed by atoms with Crippen LogP contribution in [0.3, 0.4) is 0 Å². The van der Waals surface area contributed by atoms with Crippen molar-refractivity contribution in [3.05, 3.63) is 143 Å². The number of carbonyl (C=O) groups excluding carboxylic acids is 1. The summed E-state index contributed by atoms with van der Waals surface area (Å²) >= 11 is 0. The van der Waals surface area contributed by atoms with Gasteiger partial charge in [0, 0.05) is 86.0 Å². The molecule has 0 radical (unpaired) electrons. The van der Waals surface area contributed by atoms with E-state index in [1.807, 2.05) is 98.8 Å². The number of aromatic nitrogens is 4. The van der Waals surface area contributed by atoms with Gasteiger partial charge >= 0.3 is 0 Å². The Balaban J connectivity index is 1.14. The number of rotatable bonds is 8. The first-order chi connectivity index (χ1) is 26.4. The highest BCUT2D eigenvalue weighted by Crippen LogP contribution is 2.37. The third kappa shape index (κ3) is 6.84. The summed E-state index contributed by atoms with van der Waals surface area (Å²) in [6, 6.07) is 33.0. The second-order valence-corrected chi connectivity index (χ2v) is 13.7. The minimum atomic E-state index is -0.332. The largest absolute Gasteiger partial charge is 0.368 e. The van der Waals surface area contributed by atoms with E-state index in [9.17, 15) is 13.6 Å². The van der Waals surface area contributed by atoms with Gasteiger partial charge in [0.15, 0.2) is 0 Å². The first-order valence-electron chi connectivity index (χ1n) is 18.3. The van der Waals surface area contributed by atoms with Crippen molar-refractivity contribution in [2.75, 3.05) is 72.0 Å². The summed E-state index contributed by atoms with van der Waals surface area (Å²) in [7, 11) is 0. The summed E-state index contributed by atoms with van der Waals surface area (Å²) in [6.45, 7) is 9.45. The molecule has 0 spiro atoms. The molecular weight excluding hydrogens is 683 g/mol. The Morgan fingerprint density at radius 1 is 0.463 bits per heavy atom. The van der Waals surface area contributed by atoms with Crippen LogP contribution in [0.1, 0.15) is 27.3 Å². The summed E-state index contributed by atoms with van der Waals surface area (Å²) in [6.07, 6.45) is 0. The van der Waals surface area contributed by atoms with Crippen LogP contribution in [0, 0.1) is 25.5 Å². The Morgan fingerprint density at radius 2 is 0.796 bits per heavy atom. The molecule has 272 valence electrons. The van der Waals surface area contributed by atoms with Crippen LogP contribution in [0.4, 0.5) is 31.5 Å². The average Bonchev–Trinajstić information content (AvgIpc) is 3.22. The van der Waals surface area contributed by atoms with Crippen molar-refractivity contribution in [3.63, 3.8) is 0 Å². The van der Waals surface area contributed by atoms with Crippen LogP contribution < -0.4 is 19.6 Å². The second-order valence-electron chi connectivity index (χ2n) is 13.7. The molecule has 9 nitrogen and oxygen atoms in total. The lowest BCUT2D eigenvalue weighted by Crippen LogP contribution is -2.47. The minimum absolute atomic E-state index is 0.239. The van der Waals surface area contributed by atoms with Crippen molar-refractivity contribution < 1.29 is 13.6 Å². The number of nitrogens with zero attached hydrogens (tertiary/aromatic N) is 8. The van der Waals surface area contributed by atoms with Crippen LogP contribution in [0.2, 0.25) is 0 Å². The van der Waals surface area contributed by atoms with E-state index < -0.39 is 0 Å². The number of hydrogen-bond acceptors (Lipinski definition) is 9. The molecule has 11 heteroatoms. The van der Waals surface area contributed by atoms with E-state index in [1.165, 1.54) is 24.3 Å². The van der Waals surface area contributed by atoms with E-state index in [0.29, 0.717) is 63.7 Å². The Hall–Kier alpha value is -6.23. The average molecular weight is 723 g/mol. The molecule has 2 saturated heterocycles. The molecule has 0 atom stereocenters. The summed E-state index contributed by atoms with van der Waals surface area (Å²) in [4.78, 5) is 23.7. The van der Waals surface area contributed by atoms with Crippen molar-refractivity contribution in [2.24, 2.45) is 0 Å². The molecule has 8 rings (SSSR count). The first kappa shape index (κ1) is 34.8. The van der Waals surface area contributed by atoms with Gasteiger partial charge in [0.25, 0.3) is 0 Å². The maximum atomic E-state index is 14.7. The number of benzene rings is 4. The van der Waals surface area contributed by atoms with Gasteiger partial charge in [-0.3, -0.25) is 4.79 Å². The summed E-state index contributed by atoms with van der Waals surface area (Å²) in [5.74, 6) is -0.847. The number of piperazine rings is 2. The Morgan fingerprint density at radius 3 is 1.15 bits per heavy atom. The van der Waals surface area contributed by atoms with Gasteiger partial charge in [-0.15, -0.1) is 20.4 Å². The Labute approximate surface area is 313 Å². The van der Waals surface area contributed by atoms with E-state index in [0.717, 1.165) is 45.0 Å². The zero-order valence-corrected chi connectivity index (χ0v) is 30.3. The van der Waals surface area contributed by atoms with Crippen LogP contribution in [0.5, 0.6) is 0 Å².